The summed E-state index contributed by atoms with van der Waals surface area (Å²) in [5.41, 5.74) is 1.83. The summed E-state index contributed by atoms with van der Waals surface area (Å²) in [5, 5.41) is 14.3. The van der Waals surface area contributed by atoms with Crippen molar-refractivity contribution in [3.63, 3.8) is 0 Å². The first-order valence-electron chi connectivity index (χ1n) is 7.13. The van der Waals surface area contributed by atoms with Gasteiger partial charge in [0.1, 0.15) is 6.04 Å². The van der Waals surface area contributed by atoms with Crippen molar-refractivity contribution in [3.8, 4) is 11.4 Å². The quantitative estimate of drug-likeness (QED) is 0.758. The van der Waals surface area contributed by atoms with Crippen LogP contribution >= 0.6 is 0 Å². The molecule has 1 amide bonds. The minimum Gasteiger partial charge on any atom is -0.465 e. The predicted octanol–water partition coefficient (Wildman–Crippen LogP) is 3.03. The number of hydrogen-bond acceptors (Lipinski definition) is 4. The van der Waals surface area contributed by atoms with Gasteiger partial charge in [-0.2, -0.15) is 4.98 Å². The molecule has 0 saturated carbocycles. The molecule has 1 fully saturated rings. The maximum absolute atomic E-state index is 11.2. The second-order valence-electron chi connectivity index (χ2n) is 5.37. The summed E-state index contributed by atoms with van der Waals surface area (Å²) in [6, 6.07) is 7.51. The molecule has 7 nitrogen and oxygen atoms in total. The third-order valence-corrected chi connectivity index (χ3v) is 4.04. The highest BCUT2D eigenvalue weighted by Crippen LogP contribution is 2.32. The highest BCUT2D eigenvalue weighted by Gasteiger charge is 2.34. The molecule has 1 aliphatic heterocycles. The molecule has 2 N–H and O–H groups in total. The molecular weight excluding hydrogens is 284 g/mol. The zero-order valence-electron chi connectivity index (χ0n) is 11.7. The zero-order valence-corrected chi connectivity index (χ0v) is 11.7. The Morgan fingerprint density at radius 3 is 3.18 bits per heavy atom. The molecule has 0 unspecified atom stereocenters. The van der Waals surface area contributed by atoms with E-state index in [1.807, 2.05) is 30.5 Å². The third kappa shape index (κ3) is 2.02. The Hall–Kier alpha value is -2.83. The van der Waals surface area contributed by atoms with Gasteiger partial charge in [-0.15, -0.1) is 0 Å². The number of benzene rings is 1. The Labute approximate surface area is 125 Å². The lowest BCUT2D eigenvalue weighted by molar-refractivity contribution is 0.131. The van der Waals surface area contributed by atoms with E-state index in [2.05, 4.69) is 15.1 Å². The monoisotopic (exact) mass is 298 g/mol. The maximum atomic E-state index is 11.2. The van der Waals surface area contributed by atoms with E-state index >= 15 is 0 Å². The topological polar surface area (TPSA) is 95.2 Å². The van der Waals surface area contributed by atoms with Gasteiger partial charge in [0.15, 0.2) is 0 Å². The molecule has 1 saturated heterocycles. The van der Waals surface area contributed by atoms with Gasteiger partial charge >= 0.3 is 6.09 Å². The normalized spacial score (nSPS) is 18.2. The Morgan fingerprint density at radius 2 is 2.32 bits per heavy atom. The number of hydrogen-bond donors (Lipinski definition) is 2. The van der Waals surface area contributed by atoms with Gasteiger partial charge in [-0.25, -0.2) is 4.79 Å². The highest BCUT2D eigenvalue weighted by molar-refractivity contribution is 5.83. The Bertz CT molecular complexity index is 838. The number of aromatic nitrogens is 3. The van der Waals surface area contributed by atoms with Crippen molar-refractivity contribution < 1.29 is 14.4 Å². The van der Waals surface area contributed by atoms with E-state index < -0.39 is 6.09 Å². The van der Waals surface area contributed by atoms with Gasteiger partial charge in [0.2, 0.25) is 11.7 Å². The van der Waals surface area contributed by atoms with Crippen LogP contribution in [0.1, 0.15) is 24.8 Å². The molecule has 1 aliphatic rings. The number of carboxylic acid groups (broad SMARTS) is 1. The third-order valence-electron chi connectivity index (χ3n) is 4.04. The molecule has 7 heteroatoms. The van der Waals surface area contributed by atoms with Crippen molar-refractivity contribution >= 4 is 17.0 Å². The summed E-state index contributed by atoms with van der Waals surface area (Å²) in [7, 11) is 0. The standard InChI is InChI=1S/C15H14N4O3/c20-15(21)19-7-1-2-12(19)14-17-13(18-22-14)10-4-3-9-5-6-16-11(9)8-10/h3-6,8,12,16H,1-2,7H2,(H,20,21)/t12-/m0/s1. The van der Waals surface area contributed by atoms with E-state index in [-0.39, 0.29) is 6.04 Å². The van der Waals surface area contributed by atoms with Crippen LogP contribution in [0.2, 0.25) is 0 Å². The highest BCUT2D eigenvalue weighted by atomic mass is 16.5. The summed E-state index contributed by atoms with van der Waals surface area (Å²) >= 11 is 0. The summed E-state index contributed by atoms with van der Waals surface area (Å²) in [5.74, 6) is 0.838. The molecule has 0 aliphatic carbocycles. The predicted molar refractivity (Wildman–Crippen MR) is 78.3 cm³/mol. The molecule has 1 atom stereocenters. The number of amides is 1. The van der Waals surface area contributed by atoms with Crippen molar-refractivity contribution in [2.24, 2.45) is 0 Å². The van der Waals surface area contributed by atoms with Gasteiger partial charge in [-0.1, -0.05) is 17.3 Å². The molecule has 22 heavy (non-hydrogen) atoms. The summed E-state index contributed by atoms with van der Waals surface area (Å²) in [6.45, 7) is 0.506. The average molecular weight is 298 g/mol. The summed E-state index contributed by atoms with van der Waals surface area (Å²) in [4.78, 5) is 20.1. The van der Waals surface area contributed by atoms with Crippen molar-refractivity contribution in [2.75, 3.05) is 6.54 Å². The van der Waals surface area contributed by atoms with E-state index in [4.69, 9.17) is 4.52 Å². The number of H-pyrrole nitrogens is 1. The molecule has 2 aromatic heterocycles. The van der Waals surface area contributed by atoms with Crippen molar-refractivity contribution in [1.82, 2.24) is 20.0 Å². The Kier molecular flexibility index (Phi) is 2.85. The lowest BCUT2D eigenvalue weighted by atomic mass is 10.1. The van der Waals surface area contributed by atoms with Crippen molar-refractivity contribution in [2.45, 2.75) is 18.9 Å². The number of rotatable bonds is 2. The van der Waals surface area contributed by atoms with E-state index in [1.54, 1.807) is 0 Å². The molecule has 112 valence electrons. The second kappa shape index (κ2) is 4.87. The van der Waals surface area contributed by atoms with Gasteiger partial charge in [-0.3, -0.25) is 4.90 Å². The van der Waals surface area contributed by atoms with E-state index in [0.29, 0.717) is 24.7 Å². The fourth-order valence-corrected chi connectivity index (χ4v) is 2.93. The fraction of sp³-hybridized carbons (Fsp3) is 0.267. The number of nitrogens with one attached hydrogen (secondary N) is 1. The number of nitrogens with zero attached hydrogens (tertiary/aromatic N) is 3. The number of aromatic amines is 1. The van der Waals surface area contributed by atoms with Crippen LogP contribution < -0.4 is 0 Å². The number of likely N-dealkylation sites (tertiary alicyclic amines) is 1. The van der Waals surface area contributed by atoms with Crippen LogP contribution in [0.5, 0.6) is 0 Å². The van der Waals surface area contributed by atoms with Crippen LogP contribution in [-0.2, 0) is 0 Å². The molecule has 3 aromatic rings. The van der Waals surface area contributed by atoms with Gasteiger partial charge in [0.05, 0.1) is 0 Å². The van der Waals surface area contributed by atoms with Crippen LogP contribution in [0.4, 0.5) is 4.79 Å². The van der Waals surface area contributed by atoms with Gasteiger partial charge < -0.3 is 14.6 Å². The first-order valence-corrected chi connectivity index (χ1v) is 7.13. The minimum atomic E-state index is -0.949. The lowest BCUT2D eigenvalue weighted by Crippen LogP contribution is -2.28. The smallest absolute Gasteiger partial charge is 0.407 e. The van der Waals surface area contributed by atoms with Crippen molar-refractivity contribution in [3.05, 3.63) is 36.4 Å². The molecule has 0 radical (unpaired) electrons. The van der Waals surface area contributed by atoms with Crippen LogP contribution in [0.25, 0.3) is 22.3 Å². The van der Waals surface area contributed by atoms with Gasteiger partial charge in [-0.05, 0) is 30.4 Å². The van der Waals surface area contributed by atoms with Crippen LogP contribution in [-0.4, -0.2) is 37.8 Å². The SMILES string of the molecule is O=C(O)N1CCC[C@H]1c1nc(-c2ccc3cc[nH]c3c2)no1. The summed E-state index contributed by atoms with van der Waals surface area (Å²) in [6.07, 6.45) is 2.45. The Balaban J connectivity index is 1.67. The first-order chi connectivity index (χ1) is 10.7. The second-order valence-corrected chi connectivity index (χ2v) is 5.37. The Morgan fingerprint density at radius 1 is 1.41 bits per heavy atom. The molecule has 0 bridgehead atoms. The fourth-order valence-electron chi connectivity index (χ4n) is 2.93. The summed E-state index contributed by atoms with van der Waals surface area (Å²) < 4.78 is 5.30. The van der Waals surface area contributed by atoms with Crippen LogP contribution in [0.15, 0.2) is 35.0 Å². The molecular formula is C15H14N4O3. The number of carbonyl (C=O) groups is 1. The lowest BCUT2D eigenvalue weighted by Gasteiger charge is -2.17. The zero-order chi connectivity index (χ0) is 15.1. The average Bonchev–Trinajstić information content (AvgIpc) is 3.25. The first kappa shape index (κ1) is 12.9. The maximum Gasteiger partial charge on any atom is 0.407 e. The number of fused-ring (bicyclic) bond motifs is 1. The molecule has 3 heterocycles. The van der Waals surface area contributed by atoms with Gasteiger partial charge in [0, 0.05) is 23.8 Å². The van der Waals surface area contributed by atoms with E-state index in [1.165, 1.54) is 4.90 Å². The van der Waals surface area contributed by atoms with Crippen LogP contribution in [0.3, 0.4) is 0 Å². The van der Waals surface area contributed by atoms with Crippen molar-refractivity contribution in [1.29, 1.82) is 0 Å². The molecule has 0 spiro atoms. The van der Waals surface area contributed by atoms with E-state index in [9.17, 15) is 9.90 Å². The minimum absolute atomic E-state index is 0.340. The molecule has 4 rings (SSSR count). The van der Waals surface area contributed by atoms with Gasteiger partial charge in [0.25, 0.3) is 0 Å². The molecule has 1 aromatic carbocycles. The van der Waals surface area contributed by atoms with Crippen LogP contribution in [0, 0.1) is 0 Å². The largest absolute Gasteiger partial charge is 0.465 e. The van der Waals surface area contributed by atoms with E-state index in [0.717, 1.165) is 22.9 Å².